The van der Waals surface area contributed by atoms with Crippen LogP contribution in [0.2, 0.25) is 0 Å². The van der Waals surface area contributed by atoms with Crippen LogP contribution in [0, 0.1) is 5.92 Å². The fourth-order valence-electron chi connectivity index (χ4n) is 2.36. The van der Waals surface area contributed by atoms with Gasteiger partial charge in [0.25, 0.3) is 5.56 Å². The van der Waals surface area contributed by atoms with Gasteiger partial charge in [-0.2, -0.15) is 0 Å². The van der Waals surface area contributed by atoms with E-state index in [9.17, 15) is 4.79 Å². The lowest BCUT2D eigenvalue weighted by Crippen LogP contribution is -2.32. The summed E-state index contributed by atoms with van der Waals surface area (Å²) in [6.45, 7) is 0.766. The maximum atomic E-state index is 11.3. The van der Waals surface area contributed by atoms with E-state index in [2.05, 4.69) is 15.3 Å². The van der Waals surface area contributed by atoms with Crippen LogP contribution in [-0.4, -0.2) is 28.7 Å². The SMILES string of the molecule is Nc1c(NC2CCOC2C2CC2)nc[nH]c1=O. The third kappa shape index (κ3) is 2.00. The molecule has 0 amide bonds. The second-order valence-corrected chi connectivity index (χ2v) is 4.71. The van der Waals surface area contributed by atoms with E-state index in [1.54, 1.807) is 0 Å². The summed E-state index contributed by atoms with van der Waals surface area (Å²) in [7, 11) is 0. The summed E-state index contributed by atoms with van der Waals surface area (Å²) in [6.07, 6.45) is 5.02. The Bertz CT molecular complexity index is 469. The van der Waals surface area contributed by atoms with Gasteiger partial charge in [0, 0.05) is 6.61 Å². The first-order valence-corrected chi connectivity index (χ1v) is 5.97. The van der Waals surface area contributed by atoms with Crippen LogP contribution >= 0.6 is 0 Å². The highest BCUT2D eigenvalue weighted by atomic mass is 16.5. The minimum Gasteiger partial charge on any atom is -0.391 e. The summed E-state index contributed by atoms with van der Waals surface area (Å²) in [4.78, 5) is 17.9. The number of hydrogen-bond acceptors (Lipinski definition) is 5. The molecule has 4 N–H and O–H groups in total. The zero-order chi connectivity index (χ0) is 11.8. The van der Waals surface area contributed by atoms with Crippen molar-refractivity contribution in [1.29, 1.82) is 0 Å². The van der Waals surface area contributed by atoms with Gasteiger partial charge in [0.2, 0.25) is 0 Å². The van der Waals surface area contributed by atoms with Crippen molar-refractivity contribution < 1.29 is 4.74 Å². The molecule has 1 aliphatic heterocycles. The van der Waals surface area contributed by atoms with Crippen LogP contribution in [0.4, 0.5) is 11.5 Å². The Balaban J connectivity index is 1.77. The van der Waals surface area contributed by atoms with Crippen LogP contribution in [0.1, 0.15) is 19.3 Å². The second-order valence-electron chi connectivity index (χ2n) is 4.71. The summed E-state index contributed by atoms with van der Waals surface area (Å²) in [5, 5.41) is 3.24. The van der Waals surface area contributed by atoms with Crippen molar-refractivity contribution in [3.8, 4) is 0 Å². The molecule has 92 valence electrons. The van der Waals surface area contributed by atoms with E-state index in [-0.39, 0.29) is 23.4 Å². The predicted octanol–water partition coefficient (Wildman–Crippen LogP) is 0.331. The fourth-order valence-corrected chi connectivity index (χ4v) is 2.36. The lowest BCUT2D eigenvalue weighted by molar-refractivity contribution is 0.0898. The Morgan fingerprint density at radius 2 is 2.29 bits per heavy atom. The summed E-state index contributed by atoms with van der Waals surface area (Å²) >= 11 is 0. The first kappa shape index (κ1) is 10.6. The standard InChI is InChI=1S/C11H16N4O2/c12-8-10(13-5-14-11(8)16)15-7-3-4-17-9(7)6-1-2-6/h5-7,9H,1-4,12H2,(H2,13,14,15,16). The minimum atomic E-state index is -0.301. The molecular formula is C11H16N4O2. The smallest absolute Gasteiger partial charge is 0.276 e. The van der Waals surface area contributed by atoms with Gasteiger partial charge in [0.05, 0.1) is 18.5 Å². The van der Waals surface area contributed by atoms with Crippen LogP contribution in [0.25, 0.3) is 0 Å². The fraction of sp³-hybridized carbons (Fsp3) is 0.636. The van der Waals surface area contributed by atoms with Crippen LogP contribution in [0.5, 0.6) is 0 Å². The van der Waals surface area contributed by atoms with Crippen molar-refractivity contribution in [2.75, 3.05) is 17.7 Å². The summed E-state index contributed by atoms with van der Waals surface area (Å²) in [5.74, 6) is 1.13. The minimum absolute atomic E-state index is 0.147. The molecule has 1 aliphatic carbocycles. The molecule has 1 saturated carbocycles. The maximum Gasteiger partial charge on any atom is 0.276 e. The molecule has 1 saturated heterocycles. The molecule has 6 heteroatoms. The normalized spacial score (nSPS) is 28.2. The van der Waals surface area contributed by atoms with E-state index in [4.69, 9.17) is 10.5 Å². The van der Waals surface area contributed by atoms with Gasteiger partial charge < -0.3 is 20.8 Å². The first-order chi connectivity index (χ1) is 8.25. The van der Waals surface area contributed by atoms with E-state index in [1.165, 1.54) is 19.2 Å². The first-order valence-electron chi connectivity index (χ1n) is 5.97. The van der Waals surface area contributed by atoms with Crippen LogP contribution < -0.4 is 16.6 Å². The zero-order valence-corrected chi connectivity index (χ0v) is 9.48. The zero-order valence-electron chi connectivity index (χ0n) is 9.48. The number of nitrogen functional groups attached to an aromatic ring is 1. The summed E-state index contributed by atoms with van der Waals surface area (Å²) in [5.41, 5.74) is 5.53. The van der Waals surface area contributed by atoms with Crippen LogP contribution in [-0.2, 0) is 4.74 Å². The van der Waals surface area contributed by atoms with Crippen molar-refractivity contribution in [3.05, 3.63) is 16.7 Å². The van der Waals surface area contributed by atoms with Gasteiger partial charge in [-0.3, -0.25) is 4.79 Å². The second kappa shape index (κ2) is 4.03. The Morgan fingerprint density at radius 1 is 1.47 bits per heavy atom. The number of nitrogens with two attached hydrogens (primary N) is 1. The molecular weight excluding hydrogens is 220 g/mol. The molecule has 2 unspecified atom stereocenters. The quantitative estimate of drug-likeness (QED) is 0.703. The van der Waals surface area contributed by atoms with Crippen molar-refractivity contribution in [2.24, 2.45) is 5.92 Å². The molecule has 2 aliphatic rings. The van der Waals surface area contributed by atoms with E-state index < -0.39 is 0 Å². The van der Waals surface area contributed by atoms with Crippen molar-refractivity contribution in [2.45, 2.75) is 31.4 Å². The number of nitrogens with one attached hydrogen (secondary N) is 2. The van der Waals surface area contributed by atoms with Crippen molar-refractivity contribution in [1.82, 2.24) is 9.97 Å². The van der Waals surface area contributed by atoms with Gasteiger partial charge in [0.1, 0.15) is 5.69 Å². The Morgan fingerprint density at radius 3 is 3.06 bits per heavy atom. The average Bonchev–Trinajstić information content (AvgIpc) is 3.06. The lowest BCUT2D eigenvalue weighted by atomic mass is 10.1. The van der Waals surface area contributed by atoms with E-state index in [1.807, 2.05) is 0 Å². The molecule has 0 bridgehead atoms. The van der Waals surface area contributed by atoms with Gasteiger partial charge >= 0.3 is 0 Å². The molecule has 0 spiro atoms. The predicted molar refractivity (Wildman–Crippen MR) is 63.8 cm³/mol. The van der Waals surface area contributed by atoms with Gasteiger partial charge in [-0.1, -0.05) is 0 Å². The Kier molecular flexibility index (Phi) is 2.51. The largest absolute Gasteiger partial charge is 0.391 e. The molecule has 2 fully saturated rings. The van der Waals surface area contributed by atoms with E-state index in [0.29, 0.717) is 11.7 Å². The number of hydrogen-bond donors (Lipinski definition) is 3. The number of nitrogens with zero attached hydrogens (tertiary/aromatic N) is 1. The van der Waals surface area contributed by atoms with Gasteiger partial charge in [-0.15, -0.1) is 0 Å². The molecule has 2 heterocycles. The number of H-pyrrole nitrogens is 1. The molecule has 1 aromatic heterocycles. The van der Waals surface area contributed by atoms with Crippen molar-refractivity contribution >= 4 is 11.5 Å². The molecule has 0 radical (unpaired) electrons. The van der Waals surface area contributed by atoms with E-state index >= 15 is 0 Å². The lowest BCUT2D eigenvalue weighted by Gasteiger charge is -2.20. The highest BCUT2D eigenvalue weighted by Crippen LogP contribution is 2.39. The highest BCUT2D eigenvalue weighted by molar-refractivity contribution is 5.59. The molecule has 17 heavy (non-hydrogen) atoms. The number of ether oxygens (including phenoxy) is 1. The number of aromatic amines is 1. The summed E-state index contributed by atoms with van der Waals surface area (Å²) < 4.78 is 5.71. The van der Waals surface area contributed by atoms with E-state index in [0.717, 1.165) is 13.0 Å². The van der Waals surface area contributed by atoms with Gasteiger partial charge in [-0.25, -0.2) is 4.98 Å². The topological polar surface area (TPSA) is 93.0 Å². The van der Waals surface area contributed by atoms with Gasteiger partial charge in [0.15, 0.2) is 5.82 Å². The van der Waals surface area contributed by atoms with Crippen LogP contribution in [0.15, 0.2) is 11.1 Å². The number of rotatable bonds is 3. The van der Waals surface area contributed by atoms with Gasteiger partial charge in [-0.05, 0) is 25.2 Å². The molecule has 6 nitrogen and oxygen atoms in total. The third-order valence-electron chi connectivity index (χ3n) is 3.43. The molecule has 1 aromatic rings. The molecule has 0 aromatic carbocycles. The third-order valence-corrected chi connectivity index (χ3v) is 3.43. The Hall–Kier alpha value is -1.56. The Labute approximate surface area is 98.6 Å². The molecule has 2 atom stereocenters. The average molecular weight is 236 g/mol. The highest BCUT2D eigenvalue weighted by Gasteiger charge is 2.40. The maximum absolute atomic E-state index is 11.3. The number of aromatic nitrogens is 2. The van der Waals surface area contributed by atoms with Crippen LogP contribution in [0.3, 0.4) is 0 Å². The summed E-state index contributed by atoms with van der Waals surface area (Å²) in [6, 6.07) is 0.221. The number of anilines is 2. The monoisotopic (exact) mass is 236 g/mol. The molecule has 3 rings (SSSR count). The van der Waals surface area contributed by atoms with Crippen molar-refractivity contribution in [3.63, 3.8) is 0 Å².